The van der Waals surface area contributed by atoms with Gasteiger partial charge in [0, 0.05) is 28.6 Å². The molecule has 0 spiro atoms. The maximum Gasteiger partial charge on any atom is 0.168 e. The molecule has 4 rings (SSSR count). The van der Waals surface area contributed by atoms with Crippen molar-refractivity contribution in [3.8, 4) is 22.6 Å². The first kappa shape index (κ1) is 17.9. The third kappa shape index (κ3) is 3.26. The summed E-state index contributed by atoms with van der Waals surface area (Å²) in [5.74, 6) is 0.961. The molecule has 7 heteroatoms. The van der Waals surface area contributed by atoms with Crippen molar-refractivity contribution in [2.45, 2.75) is 12.8 Å². The largest absolute Gasteiger partial charge is 0.496 e. The number of hydrogen-bond acceptors (Lipinski definition) is 5. The van der Waals surface area contributed by atoms with Crippen molar-refractivity contribution in [1.82, 2.24) is 19.6 Å². The van der Waals surface area contributed by atoms with E-state index in [9.17, 15) is 4.39 Å². The van der Waals surface area contributed by atoms with Crippen LogP contribution in [-0.4, -0.2) is 33.8 Å². The van der Waals surface area contributed by atoms with Crippen LogP contribution in [0.15, 0.2) is 55.1 Å². The fourth-order valence-electron chi connectivity index (χ4n) is 3.30. The van der Waals surface area contributed by atoms with Gasteiger partial charge in [-0.3, -0.25) is 9.38 Å². The number of aryl methyl sites for hydroxylation is 1. The Kier molecular flexibility index (Phi) is 4.89. The Morgan fingerprint density at radius 1 is 1.04 bits per heavy atom. The zero-order chi connectivity index (χ0) is 19.5. The standard InChI is InChI=1S/C21H19FN4O2/c1-27-16-10-14(11-23-12-16)17-8-6-15(26-13-24-25-21(17)26)7-9-18-19(22)4-3-5-20(18)28-2/h3-6,8,10-13H,7,9H2,1-2H3. The van der Waals surface area contributed by atoms with Crippen LogP contribution in [0.4, 0.5) is 4.39 Å². The SMILES string of the molecule is COc1cncc(-c2ccc(CCc3c(F)cccc3OC)n3cnnc23)c1. The lowest BCUT2D eigenvalue weighted by Gasteiger charge is -2.12. The van der Waals surface area contributed by atoms with Gasteiger partial charge in [-0.05, 0) is 43.2 Å². The van der Waals surface area contributed by atoms with Gasteiger partial charge in [0.1, 0.15) is 23.6 Å². The monoisotopic (exact) mass is 378 g/mol. The quantitative estimate of drug-likeness (QED) is 0.512. The van der Waals surface area contributed by atoms with Gasteiger partial charge >= 0.3 is 0 Å². The van der Waals surface area contributed by atoms with Crippen LogP contribution in [0, 0.1) is 5.82 Å². The zero-order valence-corrected chi connectivity index (χ0v) is 15.6. The van der Waals surface area contributed by atoms with Gasteiger partial charge in [-0.2, -0.15) is 0 Å². The first-order valence-corrected chi connectivity index (χ1v) is 8.83. The van der Waals surface area contributed by atoms with E-state index in [1.807, 2.05) is 22.6 Å². The first-order chi connectivity index (χ1) is 13.7. The average Bonchev–Trinajstić information content (AvgIpc) is 3.22. The molecule has 4 aromatic rings. The molecule has 0 aliphatic rings. The van der Waals surface area contributed by atoms with Crippen LogP contribution in [0.1, 0.15) is 11.3 Å². The number of nitrogens with zero attached hydrogens (tertiary/aromatic N) is 4. The lowest BCUT2D eigenvalue weighted by atomic mass is 10.0. The number of fused-ring (bicyclic) bond motifs is 1. The van der Waals surface area contributed by atoms with E-state index in [1.54, 1.807) is 45.1 Å². The molecular weight excluding hydrogens is 359 g/mol. The van der Waals surface area contributed by atoms with Gasteiger partial charge in [-0.25, -0.2) is 4.39 Å². The summed E-state index contributed by atoms with van der Waals surface area (Å²) in [5.41, 5.74) is 4.04. The molecule has 0 aliphatic carbocycles. The summed E-state index contributed by atoms with van der Waals surface area (Å²) in [7, 11) is 3.15. The first-order valence-electron chi connectivity index (χ1n) is 8.83. The normalized spacial score (nSPS) is 11.0. The predicted molar refractivity (Wildman–Crippen MR) is 103 cm³/mol. The summed E-state index contributed by atoms with van der Waals surface area (Å²) in [6.45, 7) is 0. The van der Waals surface area contributed by atoms with Gasteiger partial charge in [0.2, 0.25) is 0 Å². The predicted octanol–water partition coefficient (Wildman–Crippen LogP) is 3.73. The molecule has 142 valence electrons. The number of aromatic nitrogens is 4. The van der Waals surface area contributed by atoms with Gasteiger partial charge < -0.3 is 9.47 Å². The van der Waals surface area contributed by atoms with Crippen molar-refractivity contribution in [2.75, 3.05) is 14.2 Å². The van der Waals surface area contributed by atoms with Crippen LogP contribution in [0.5, 0.6) is 11.5 Å². The van der Waals surface area contributed by atoms with E-state index in [2.05, 4.69) is 15.2 Å². The number of methoxy groups -OCH3 is 2. The van der Waals surface area contributed by atoms with Crippen molar-refractivity contribution >= 4 is 5.65 Å². The molecule has 1 aromatic carbocycles. The molecular formula is C21H19FN4O2. The summed E-state index contributed by atoms with van der Waals surface area (Å²) < 4.78 is 26.7. The van der Waals surface area contributed by atoms with E-state index in [4.69, 9.17) is 9.47 Å². The number of pyridine rings is 2. The van der Waals surface area contributed by atoms with E-state index < -0.39 is 0 Å². The fourth-order valence-corrected chi connectivity index (χ4v) is 3.30. The van der Waals surface area contributed by atoms with Crippen LogP contribution < -0.4 is 9.47 Å². The molecule has 0 amide bonds. The minimum Gasteiger partial charge on any atom is -0.496 e. The highest BCUT2D eigenvalue weighted by Crippen LogP contribution is 2.28. The van der Waals surface area contributed by atoms with Crippen molar-refractivity contribution in [3.63, 3.8) is 0 Å². The second-order valence-corrected chi connectivity index (χ2v) is 6.30. The average molecular weight is 378 g/mol. The van der Waals surface area contributed by atoms with Crippen molar-refractivity contribution < 1.29 is 13.9 Å². The van der Waals surface area contributed by atoms with Crippen molar-refractivity contribution in [2.24, 2.45) is 0 Å². The van der Waals surface area contributed by atoms with Gasteiger partial charge in [0.25, 0.3) is 0 Å². The highest BCUT2D eigenvalue weighted by molar-refractivity contribution is 5.77. The Hall–Kier alpha value is -3.48. The molecule has 28 heavy (non-hydrogen) atoms. The van der Waals surface area contributed by atoms with E-state index in [0.717, 1.165) is 16.8 Å². The summed E-state index contributed by atoms with van der Waals surface area (Å²) in [4.78, 5) is 4.21. The molecule has 0 N–H and O–H groups in total. The Balaban J connectivity index is 1.68. The summed E-state index contributed by atoms with van der Waals surface area (Å²) in [6.07, 6.45) is 6.20. The fraction of sp³-hybridized carbons (Fsp3) is 0.190. The number of hydrogen-bond donors (Lipinski definition) is 0. The number of halogens is 1. The lowest BCUT2D eigenvalue weighted by molar-refractivity contribution is 0.404. The molecule has 0 unspecified atom stereocenters. The van der Waals surface area contributed by atoms with E-state index >= 15 is 0 Å². The number of ether oxygens (including phenoxy) is 2. The second-order valence-electron chi connectivity index (χ2n) is 6.30. The molecule has 0 saturated heterocycles. The highest BCUT2D eigenvalue weighted by Gasteiger charge is 2.13. The van der Waals surface area contributed by atoms with E-state index in [-0.39, 0.29) is 5.82 Å². The molecule has 0 saturated carbocycles. The molecule has 0 atom stereocenters. The van der Waals surface area contributed by atoms with Crippen LogP contribution in [0.3, 0.4) is 0 Å². The topological polar surface area (TPSA) is 61.5 Å². The Morgan fingerprint density at radius 3 is 2.75 bits per heavy atom. The van der Waals surface area contributed by atoms with E-state index in [1.165, 1.54) is 6.07 Å². The molecule has 6 nitrogen and oxygen atoms in total. The second kappa shape index (κ2) is 7.64. The molecule has 3 aromatic heterocycles. The number of benzene rings is 1. The maximum atomic E-state index is 14.2. The molecule has 0 bridgehead atoms. The van der Waals surface area contributed by atoms with E-state index in [0.29, 0.717) is 35.6 Å². The van der Waals surface area contributed by atoms with Crippen LogP contribution in [-0.2, 0) is 12.8 Å². The third-order valence-corrected chi connectivity index (χ3v) is 4.73. The highest BCUT2D eigenvalue weighted by atomic mass is 19.1. The molecule has 0 radical (unpaired) electrons. The lowest BCUT2D eigenvalue weighted by Crippen LogP contribution is -2.03. The van der Waals surface area contributed by atoms with Crippen LogP contribution in [0.2, 0.25) is 0 Å². The summed E-state index contributed by atoms with van der Waals surface area (Å²) >= 11 is 0. The zero-order valence-electron chi connectivity index (χ0n) is 15.6. The molecule has 0 fully saturated rings. The summed E-state index contributed by atoms with van der Waals surface area (Å²) in [5, 5.41) is 8.32. The van der Waals surface area contributed by atoms with Gasteiger partial charge in [0.15, 0.2) is 5.65 Å². The van der Waals surface area contributed by atoms with Crippen molar-refractivity contribution in [3.05, 3.63) is 72.2 Å². The Morgan fingerprint density at radius 2 is 1.93 bits per heavy atom. The van der Waals surface area contributed by atoms with Crippen LogP contribution in [0.25, 0.3) is 16.8 Å². The van der Waals surface area contributed by atoms with Gasteiger partial charge in [-0.1, -0.05) is 6.07 Å². The third-order valence-electron chi connectivity index (χ3n) is 4.73. The van der Waals surface area contributed by atoms with Gasteiger partial charge in [0.05, 0.1) is 20.4 Å². The molecule has 0 aliphatic heterocycles. The minimum atomic E-state index is -0.265. The summed E-state index contributed by atoms with van der Waals surface area (Å²) in [6, 6.07) is 10.7. The Bertz CT molecular complexity index is 1130. The van der Waals surface area contributed by atoms with Crippen LogP contribution >= 0.6 is 0 Å². The molecule has 3 heterocycles. The smallest absolute Gasteiger partial charge is 0.168 e. The number of rotatable bonds is 6. The van der Waals surface area contributed by atoms with Crippen molar-refractivity contribution in [1.29, 1.82) is 0 Å². The Labute approximate surface area is 161 Å². The maximum absolute atomic E-state index is 14.2. The van der Waals surface area contributed by atoms with Gasteiger partial charge in [-0.15, -0.1) is 10.2 Å². The minimum absolute atomic E-state index is 0.265.